The summed E-state index contributed by atoms with van der Waals surface area (Å²) in [4.78, 5) is 37.8. The van der Waals surface area contributed by atoms with Crippen molar-refractivity contribution in [3.63, 3.8) is 0 Å². The number of aromatic nitrogens is 2. The molecule has 0 aliphatic carbocycles. The third-order valence-electron chi connectivity index (χ3n) is 5.84. The maximum Gasteiger partial charge on any atom is 0.410 e. The summed E-state index contributed by atoms with van der Waals surface area (Å²) in [6.45, 7) is 9.58. The van der Waals surface area contributed by atoms with Crippen LogP contribution in [-0.2, 0) is 29.0 Å². The highest BCUT2D eigenvalue weighted by Gasteiger charge is 2.42. The third-order valence-corrected chi connectivity index (χ3v) is 5.84. The lowest BCUT2D eigenvalue weighted by molar-refractivity contribution is 0.0219. The van der Waals surface area contributed by atoms with Gasteiger partial charge in [-0.2, -0.15) is 4.98 Å². The molecule has 1 saturated heterocycles. The van der Waals surface area contributed by atoms with Gasteiger partial charge in [-0.1, -0.05) is 30.3 Å². The van der Waals surface area contributed by atoms with E-state index in [4.69, 9.17) is 19.2 Å². The summed E-state index contributed by atoms with van der Waals surface area (Å²) >= 11 is 0. The first-order valence-electron chi connectivity index (χ1n) is 11.7. The normalized spacial score (nSPS) is 16.6. The zero-order valence-electron chi connectivity index (χ0n) is 21.0. The number of carbonyl (C=O) groups excluding carboxylic acids is 2. The van der Waals surface area contributed by atoms with Crippen LogP contribution in [0.4, 0.5) is 15.5 Å². The molecular formula is C25H33N5O5. The second-order valence-corrected chi connectivity index (χ2v) is 10.2. The van der Waals surface area contributed by atoms with E-state index >= 15 is 0 Å². The Morgan fingerprint density at radius 3 is 2.51 bits per heavy atom. The number of hydrogen-bond donors (Lipinski definition) is 1. The number of ether oxygens (including phenoxy) is 3. The van der Waals surface area contributed by atoms with E-state index in [0.717, 1.165) is 16.8 Å². The molecule has 10 heteroatoms. The topological polar surface area (TPSA) is 106 Å². The smallest absolute Gasteiger partial charge is 0.410 e. The van der Waals surface area contributed by atoms with Gasteiger partial charge in [0.15, 0.2) is 0 Å². The van der Waals surface area contributed by atoms with E-state index in [1.807, 2.05) is 62.9 Å². The van der Waals surface area contributed by atoms with Gasteiger partial charge in [0.25, 0.3) is 0 Å². The highest BCUT2D eigenvalue weighted by molar-refractivity contribution is 5.70. The van der Waals surface area contributed by atoms with Gasteiger partial charge in [-0.25, -0.2) is 14.6 Å². The fraction of sp³-hybridized carbons (Fsp3) is 0.520. The number of hydrogen-bond acceptors (Lipinski definition) is 8. The van der Waals surface area contributed by atoms with Gasteiger partial charge in [0.2, 0.25) is 11.8 Å². The maximum atomic E-state index is 12.6. The molecule has 0 saturated carbocycles. The lowest BCUT2D eigenvalue weighted by Gasteiger charge is -2.48. The Morgan fingerprint density at radius 1 is 1.14 bits per heavy atom. The number of fused-ring (bicyclic) bond motifs is 1. The van der Waals surface area contributed by atoms with Gasteiger partial charge in [-0.05, 0) is 39.7 Å². The second kappa shape index (κ2) is 9.59. The Labute approximate surface area is 205 Å². The number of alkyl carbamates (subject to hydrolysis) is 1. The van der Waals surface area contributed by atoms with E-state index in [1.54, 1.807) is 12.0 Å². The molecule has 0 spiro atoms. The second-order valence-electron chi connectivity index (χ2n) is 10.2. The van der Waals surface area contributed by atoms with Crippen molar-refractivity contribution in [3.05, 3.63) is 47.2 Å². The molecule has 1 N–H and O–H groups in total. The van der Waals surface area contributed by atoms with Crippen molar-refractivity contribution >= 4 is 18.1 Å². The van der Waals surface area contributed by atoms with Gasteiger partial charge in [0.05, 0.1) is 24.9 Å². The fourth-order valence-electron chi connectivity index (χ4n) is 4.20. The molecule has 1 fully saturated rings. The summed E-state index contributed by atoms with van der Waals surface area (Å²) in [5.74, 6) is 1.02. The molecule has 0 radical (unpaired) electrons. The van der Waals surface area contributed by atoms with Crippen molar-refractivity contribution in [1.82, 2.24) is 20.2 Å². The van der Waals surface area contributed by atoms with Crippen LogP contribution >= 0.6 is 0 Å². The number of anilines is 1. The molecule has 2 amide bonds. The summed E-state index contributed by atoms with van der Waals surface area (Å²) in [5.41, 5.74) is 1.54. The minimum atomic E-state index is -0.566. The average molecular weight is 484 g/mol. The summed E-state index contributed by atoms with van der Waals surface area (Å²) in [6, 6.07) is 9.54. The SMILES string of the molecule is COc1nc(N2CC(C)(NC(=O)OCc3ccccc3)C2)nc2c1CCN(C(=O)OC(C)(C)C)C2. The molecule has 35 heavy (non-hydrogen) atoms. The van der Waals surface area contributed by atoms with Crippen LogP contribution in [0.25, 0.3) is 0 Å². The molecule has 0 unspecified atom stereocenters. The Balaban J connectivity index is 1.38. The van der Waals surface area contributed by atoms with Crippen molar-refractivity contribution in [3.8, 4) is 5.88 Å². The minimum Gasteiger partial charge on any atom is -0.481 e. The Bertz CT molecular complexity index is 1080. The molecule has 1 aromatic carbocycles. The number of carbonyl (C=O) groups is 2. The van der Waals surface area contributed by atoms with Crippen molar-refractivity contribution in [2.24, 2.45) is 0 Å². The zero-order valence-corrected chi connectivity index (χ0v) is 21.0. The van der Waals surface area contributed by atoms with Gasteiger partial charge in [0, 0.05) is 25.2 Å². The molecular weight excluding hydrogens is 450 g/mol. The first-order valence-corrected chi connectivity index (χ1v) is 11.7. The fourth-order valence-corrected chi connectivity index (χ4v) is 4.20. The molecule has 4 rings (SSSR count). The number of rotatable bonds is 5. The Hall–Kier alpha value is -3.56. The average Bonchev–Trinajstić information content (AvgIpc) is 2.79. The molecule has 2 aromatic rings. The molecule has 3 heterocycles. The molecule has 188 valence electrons. The quantitative estimate of drug-likeness (QED) is 0.691. The van der Waals surface area contributed by atoms with Gasteiger partial charge < -0.3 is 29.3 Å². The van der Waals surface area contributed by atoms with Gasteiger partial charge in [-0.3, -0.25) is 0 Å². The van der Waals surface area contributed by atoms with E-state index in [-0.39, 0.29) is 12.7 Å². The van der Waals surface area contributed by atoms with Crippen LogP contribution in [-0.4, -0.2) is 64.9 Å². The maximum absolute atomic E-state index is 12.6. The van der Waals surface area contributed by atoms with Gasteiger partial charge in [-0.15, -0.1) is 0 Å². The molecule has 1 aromatic heterocycles. The first kappa shape index (κ1) is 24.6. The number of methoxy groups -OCH3 is 1. The predicted molar refractivity (Wildman–Crippen MR) is 129 cm³/mol. The van der Waals surface area contributed by atoms with Crippen LogP contribution in [0.15, 0.2) is 30.3 Å². The van der Waals surface area contributed by atoms with E-state index in [0.29, 0.717) is 44.4 Å². The predicted octanol–water partition coefficient (Wildman–Crippen LogP) is 3.28. The summed E-state index contributed by atoms with van der Waals surface area (Å²) in [6.07, 6.45) is -0.241. The van der Waals surface area contributed by atoms with Crippen molar-refractivity contribution in [2.45, 2.75) is 58.4 Å². The largest absolute Gasteiger partial charge is 0.481 e. The van der Waals surface area contributed by atoms with E-state index in [9.17, 15) is 9.59 Å². The summed E-state index contributed by atoms with van der Waals surface area (Å²) in [5, 5.41) is 2.94. The van der Waals surface area contributed by atoms with Crippen LogP contribution in [0, 0.1) is 0 Å². The molecule has 0 bridgehead atoms. The number of benzene rings is 1. The highest BCUT2D eigenvalue weighted by Crippen LogP contribution is 2.32. The van der Waals surface area contributed by atoms with Crippen LogP contribution in [0.1, 0.15) is 44.5 Å². The summed E-state index contributed by atoms with van der Waals surface area (Å²) < 4.78 is 16.4. The lowest BCUT2D eigenvalue weighted by Crippen LogP contribution is -2.69. The number of amides is 2. The van der Waals surface area contributed by atoms with Crippen molar-refractivity contribution < 1.29 is 23.8 Å². The molecule has 0 atom stereocenters. The highest BCUT2D eigenvalue weighted by atomic mass is 16.6. The minimum absolute atomic E-state index is 0.214. The van der Waals surface area contributed by atoms with Crippen molar-refractivity contribution in [2.75, 3.05) is 31.6 Å². The monoisotopic (exact) mass is 483 g/mol. The zero-order chi connectivity index (χ0) is 25.2. The third kappa shape index (κ3) is 5.93. The van der Waals surface area contributed by atoms with Crippen LogP contribution in [0.5, 0.6) is 5.88 Å². The molecule has 2 aliphatic rings. The first-order chi connectivity index (χ1) is 16.5. The Kier molecular flexibility index (Phi) is 6.73. The van der Waals surface area contributed by atoms with Crippen LogP contribution in [0.2, 0.25) is 0 Å². The molecule has 2 aliphatic heterocycles. The number of nitrogens with one attached hydrogen (secondary N) is 1. The van der Waals surface area contributed by atoms with Crippen LogP contribution in [0.3, 0.4) is 0 Å². The van der Waals surface area contributed by atoms with Crippen molar-refractivity contribution in [1.29, 1.82) is 0 Å². The lowest BCUT2D eigenvalue weighted by atomic mass is 9.93. The van der Waals surface area contributed by atoms with E-state index in [2.05, 4.69) is 10.3 Å². The molecule has 10 nitrogen and oxygen atoms in total. The van der Waals surface area contributed by atoms with Crippen LogP contribution < -0.4 is 15.0 Å². The van der Waals surface area contributed by atoms with E-state index in [1.165, 1.54) is 0 Å². The van der Waals surface area contributed by atoms with Gasteiger partial charge in [0.1, 0.15) is 12.2 Å². The van der Waals surface area contributed by atoms with E-state index < -0.39 is 17.2 Å². The summed E-state index contributed by atoms with van der Waals surface area (Å²) in [7, 11) is 1.58. The standard InChI is InChI=1S/C25H33N5O5/c1-24(2,3)35-23(32)29-12-11-18-19(13-29)26-21(27-20(18)33-5)30-15-25(4,16-30)28-22(31)34-14-17-9-7-6-8-10-17/h6-10H,11-16H2,1-5H3,(H,28,31). The number of nitrogens with zero attached hydrogens (tertiary/aromatic N) is 4. The Morgan fingerprint density at radius 2 is 1.86 bits per heavy atom. The van der Waals surface area contributed by atoms with Gasteiger partial charge >= 0.3 is 12.2 Å².